The van der Waals surface area contributed by atoms with Crippen LogP contribution in [0.15, 0.2) is 18.2 Å². The zero-order valence-electron chi connectivity index (χ0n) is 9.15. The van der Waals surface area contributed by atoms with Crippen molar-refractivity contribution in [1.29, 1.82) is 5.26 Å². The molecule has 0 radical (unpaired) electrons. The van der Waals surface area contributed by atoms with Crippen molar-refractivity contribution in [3.8, 4) is 11.8 Å². The van der Waals surface area contributed by atoms with Crippen LogP contribution in [0.2, 0.25) is 0 Å². The molecule has 16 heavy (non-hydrogen) atoms. The van der Waals surface area contributed by atoms with Crippen LogP contribution in [0.1, 0.15) is 24.8 Å². The first kappa shape index (κ1) is 12.3. The van der Waals surface area contributed by atoms with Gasteiger partial charge in [-0.15, -0.1) is 0 Å². The van der Waals surface area contributed by atoms with Gasteiger partial charge in [0, 0.05) is 6.61 Å². The Morgan fingerprint density at radius 1 is 1.31 bits per heavy atom. The number of nitrogen functional groups attached to an aromatic ring is 1. The number of ether oxygens (including phenoxy) is 1. The first-order valence-electron chi connectivity index (χ1n) is 5.31. The Morgan fingerprint density at radius 3 is 2.75 bits per heavy atom. The number of rotatable bonds is 6. The summed E-state index contributed by atoms with van der Waals surface area (Å²) in [5.74, 6) is 0.614. The molecule has 0 amide bonds. The highest BCUT2D eigenvalue weighted by Crippen LogP contribution is 2.22. The molecular weight excluding hydrogens is 204 g/mol. The van der Waals surface area contributed by atoms with Gasteiger partial charge in [-0.05, 0) is 37.5 Å². The molecular formula is C12H16N2O2. The van der Waals surface area contributed by atoms with Crippen molar-refractivity contribution in [2.24, 2.45) is 0 Å². The quantitative estimate of drug-likeness (QED) is 0.564. The summed E-state index contributed by atoms with van der Waals surface area (Å²) in [4.78, 5) is 0. The van der Waals surface area contributed by atoms with Gasteiger partial charge in [0.15, 0.2) is 0 Å². The third-order valence-corrected chi connectivity index (χ3v) is 2.20. The van der Waals surface area contributed by atoms with Crippen LogP contribution < -0.4 is 10.5 Å². The summed E-state index contributed by atoms with van der Waals surface area (Å²) >= 11 is 0. The molecule has 0 heterocycles. The highest BCUT2D eigenvalue weighted by atomic mass is 16.5. The summed E-state index contributed by atoms with van der Waals surface area (Å²) in [7, 11) is 0. The molecule has 1 aromatic carbocycles. The molecule has 1 aromatic rings. The molecule has 0 unspecified atom stereocenters. The van der Waals surface area contributed by atoms with Gasteiger partial charge in [0.1, 0.15) is 5.75 Å². The highest BCUT2D eigenvalue weighted by molar-refractivity contribution is 5.56. The lowest BCUT2D eigenvalue weighted by atomic mass is 10.2. The van der Waals surface area contributed by atoms with E-state index in [0.29, 0.717) is 23.6 Å². The molecule has 0 aliphatic heterocycles. The Morgan fingerprint density at radius 2 is 2.12 bits per heavy atom. The number of hydrogen-bond acceptors (Lipinski definition) is 4. The molecule has 1 rings (SSSR count). The predicted molar refractivity (Wildman–Crippen MR) is 62.0 cm³/mol. The predicted octanol–water partition coefficient (Wildman–Crippen LogP) is 1.68. The van der Waals surface area contributed by atoms with Crippen LogP contribution in [0.3, 0.4) is 0 Å². The fourth-order valence-corrected chi connectivity index (χ4v) is 1.32. The average molecular weight is 220 g/mol. The fraction of sp³-hybridized carbons (Fsp3) is 0.417. The molecule has 4 nitrogen and oxygen atoms in total. The van der Waals surface area contributed by atoms with E-state index in [-0.39, 0.29) is 6.61 Å². The maximum absolute atomic E-state index is 8.66. The van der Waals surface area contributed by atoms with Crippen LogP contribution in [0.5, 0.6) is 5.75 Å². The van der Waals surface area contributed by atoms with E-state index < -0.39 is 0 Å². The number of nitrogens with two attached hydrogens (primary N) is 1. The third-order valence-electron chi connectivity index (χ3n) is 2.20. The second-order valence-electron chi connectivity index (χ2n) is 3.50. The highest BCUT2D eigenvalue weighted by Gasteiger charge is 2.01. The minimum atomic E-state index is 0.221. The van der Waals surface area contributed by atoms with Crippen molar-refractivity contribution >= 4 is 5.69 Å². The van der Waals surface area contributed by atoms with E-state index in [0.717, 1.165) is 19.3 Å². The lowest BCUT2D eigenvalue weighted by molar-refractivity contribution is 0.266. The minimum Gasteiger partial charge on any atom is -0.491 e. The SMILES string of the molecule is N#Cc1ccc(OCCCCCO)c(N)c1. The molecule has 0 aliphatic rings. The standard InChI is InChI=1S/C12H16N2O2/c13-9-10-4-5-12(11(14)8-10)16-7-3-1-2-6-15/h4-5,8,15H,1-3,6-7,14H2. The second-order valence-corrected chi connectivity index (χ2v) is 3.50. The van der Waals surface area contributed by atoms with Crippen LogP contribution in [0.25, 0.3) is 0 Å². The van der Waals surface area contributed by atoms with Crippen LogP contribution in [0.4, 0.5) is 5.69 Å². The molecule has 0 atom stereocenters. The van der Waals surface area contributed by atoms with Gasteiger partial charge in [-0.1, -0.05) is 0 Å². The molecule has 4 heteroatoms. The van der Waals surface area contributed by atoms with Gasteiger partial charge in [0.05, 0.1) is 23.9 Å². The van der Waals surface area contributed by atoms with Gasteiger partial charge in [0.2, 0.25) is 0 Å². The summed E-state index contributed by atoms with van der Waals surface area (Å²) in [6.45, 7) is 0.801. The summed E-state index contributed by atoms with van der Waals surface area (Å²) in [6.07, 6.45) is 2.62. The number of aliphatic hydroxyl groups excluding tert-OH is 1. The maximum atomic E-state index is 8.66. The van der Waals surface area contributed by atoms with E-state index in [1.165, 1.54) is 0 Å². The van der Waals surface area contributed by atoms with Gasteiger partial charge in [-0.3, -0.25) is 0 Å². The largest absolute Gasteiger partial charge is 0.491 e. The number of anilines is 1. The molecule has 0 spiro atoms. The molecule has 0 bridgehead atoms. The molecule has 0 fully saturated rings. The van der Waals surface area contributed by atoms with Gasteiger partial charge in [-0.25, -0.2) is 0 Å². The number of nitriles is 1. The minimum absolute atomic E-state index is 0.221. The Balaban J connectivity index is 2.40. The monoisotopic (exact) mass is 220 g/mol. The van der Waals surface area contributed by atoms with E-state index >= 15 is 0 Å². The van der Waals surface area contributed by atoms with Gasteiger partial charge >= 0.3 is 0 Å². The van der Waals surface area contributed by atoms with Crippen LogP contribution in [-0.2, 0) is 0 Å². The zero-order valence-corrected chi connectivity index (χ0v) is 9.15. The third kappa shape index (κ3) is 3.79. The summed E-state index contributed by atoms with van der Waals surface area (Å²) in [5, 5.41) is 17.2. The van der Waals surface area contributed by atoms with Crippen molar-refractivity contribution in [3.63, 3.8) is 0 Å². The Hall–Kier alpha value is -1.73. The first-order valence-corrected chi connectivity index (χ1v) is 5.31. The first-order chi connectivity index (χ1) is 7.77. The van der Waals surface area contributed by atoms with E-state index in [2.05, 4.69) is 0 Å². The summed E-state index contributed by atoms with van der Waals surface area (Å²) in [5.41, 5.74) is 6.74. The lowest BCUT2D eigenvalue weighted by Gasteiger charge is -2.08. The number of aliphatic hydroxyl groups is 1. The van der Waals surface area contributed by atoms with Crippen molar-refractivity contribution < 1.29 is 9.84 Å². The Kier molecular flexibility index (Phi) is 5.17. The van der Waals surface area contributed by atoms with Crippen molar-refractivity contribution in [2.45, 2.75) is 19.3 Å². The van der Waals surface area contributed by atoms with Crippen LogP contribution in [0, 0.1) is 11.3 Å². The Bertz CT molecular complexity index is 372. The normalized spacial score (nSPS) is 9.75. The Labute approximate surface area is 95.3 Å². The van der Waals surface area contributed by atoms with E-state index in [9.17, 15) is 0 Å². The molecule has 86 valence electrons. The summed E-state index contributed by atoms with van der Waals surface area (Å²) < 4.78 is 5.47. The van der Waals surface area contributed by atoms with E-state index in [4.69, 9.17) is 20.8 Å². The maximum Gasteiger partial charge on any atom is 0.142 e. The smallest absolute Gasteiger partial charge is 0.142 e. The van der Waals surface area contributed by atoms with E-state index in [1.54, 1.807) is 18.2 Å². The molecule has 0 saturated heterocycles. The zero-order chi connectivity index (χ0) is 11.8. The van der Waals surface area contributed by atoms with E-state index in [1.807, 2.05) is 6.07 Å². The van der Waals surface area contributed by atoms with Crippen molar-refractivity contribution in [2.75, 3.05) is 18.9 Å². The van der Waals surface area contributed by atoms with Crippen molar-refractivity contribution in [1.82, 2.24) is 0 Å². The fourth-order valence-electron chi connectivity index (χ4n) is 1.32. The average Bonchev–Trinajstić information content (AvgIpc) is 2.30. The molecule has 0 aliphatic carbocycles. The second kappa shape index (κ2) is 6.70. The molecule has 0 saturated carbocycles. The van der Waals surface area contributed by atoms with Crippen molar-refractivity contribution in [3.05, 3.63) is 23.8 Å². The van der Waals surface area contributed by atoms with Gasteiger partial charge in [-0.2, -0.15) is 5.26 Å². The van der Waals surface area contributed by atoms with Crippen LogP contribution >= 0.6 is 0 Å². The van der Waals surface area contributed by atoms with Gasteiger partial charge in [0.25, 0.3) is 0 Å². The molecule has 3 N–H and O–H groups in total. The number of hydrogen-bond donors (Lipinski definition) is 2. The molecule has 0 aromatic heterocycles. The van der Waals surface area contributed by atoms with Crippen LogP contribution in [-0.4, -0.2) is 18.3 Å². The lowest BCUT2D eigenvalue weighted by Crippen LogP contribution is -2.01. The number of unbranched alkanes of at least 4 members (excludes halogenated alkanes) is 2. The summed E-state index contributed by atoms with van der Waals surface area (Å²) in [6, 6.07) is 7.00. The topological polar surface area (TPSA) is 79.3 Å². The number of nitrogens with zero attached hydrogens (tertiary/aromatic N) is 1. The van der Waals surface area contributed by atoms with Gasteiger partial charge < -0.3 is 15.6 Å². The number of benzene rings is 1.